The molecule has 0 unspecified atom stereocenters. The summed E-state index contributed by atoms with van der Waals surface area (Å²) in [6.45, 7) is 4.04. The molecule has 1 aliphatic heterocycles. The first-order valence-electron chi connectivity index (χ1n) is 8.31. The summed E-state index contributed by atoms with van der Waals surface area (Å²) in [5.74, 6) is 0. The third-order valence-electron chi connectivity index (χ3n) is 4.21. The molecular weight excluding hydrogens is 322 g/mol. The van der Waals surface area contributed by atoms with E-state index in [1.54, 1.807) is 23.7 Å². The number of urea groups is 1. The van der Waals surface area contributed by atoms with Crippen molar-refractivity contribution in [2.45, 2.75) is 38.5 Å². The number of pyridine rings is 1. The fourth-order valence-corrected chi connectivity index (χ4v) is 3.58. The third-order valence-corrected chi connectivity index (χ3v) is 5.07. The molecule has 6 heteroatoms. The maximum atomic E-state index is 12.8. The van der Waals surface area contributed by atoms with Crippen LogP contribution in [0.5, 0.6) is 0 Å². The van der Waals surface area contributed by atoms with E-state index in [1.807, 2.05) is 35.4 Å². The molecule has 5 nitrogen and oxygen atoms in total. The number of carbonyl (C=O) groups excluding carboxylic acids is 1. The van der Waals surface area contributed by atoms with Gasteiger partial charge in [-0.2, -0.15) is 0 Å². The van der Waals surface area contributed by atoms with Gasteiger partial charge in [0.05, 0.1) is 18.7 Å². The van der Waals surface area contributed by atoms with Crippen molar-refractivity contribution in [3.05, 3.63) is 52.5 Å². The van der Waals surface area contributed by atoms with Crippen LogP contribution in [0.1, 0.15) is 36.2 Å². The smallest absolute Gasteiger partial charge is 0.318 e. The number of thiophene rings is 1. The zero-order chi connectivity index (χ0) is 16.8. The normalized spacial score (nSPS) is 18.3. The first-order chi connectivity index (χ1) is 11.7. The Morgan fingerprint density at radius 3 is 2.96 bits per heavy atom. The largest absolute Gasteiger partial charge is 0.376 e. The Balaban J connectivity index is 1.65. The molecule has 24 heavy (non-hydrogen) atoms. The fraction of sp³-hybridized carbons (Fsp3) is 0.444. The summed E-state index contributed by atoms with van der Waals surface area (Å²) in [4.78, 5) is 19.9. The van der Waals surface area contributed by atoms with Crippen molar-refractivity contribution in [3.63, 3.8) is 0 Å². The zero-order valence-electron chi connectivity index (χ0n) is 13.9. The van der Waals surface area contributed by atoms with Crippen LogP contribution in [0.15, 0.2) is 42.0 Å². The molecule has 1 saturated heterocycles. The van der Waals surface area contributed by atoms with Crippen molar-refractivity contribution >= 4 is 17.4 Å². The van der Waals surface area contributed by atoms with E-state index in [0.29, 0.717) is 13.1 Å². The molecule has 2 atom stereocenters. The van der Waals surface area contributed by atoms with Gasteiger partial charge in [-0.1, -0.05) is 6.07 Å². The van der Waals surface area contributed by atoms with Crippen molar-refractivity contribution < 1.29 is 9.53 Å². The first-order valence-corrected chi connectivity index (χ1v) is 9.19. The first kappa shape index (κ1) is 16.9. The lowest BCUT2D eigenvalue weighted by molar-refractivity contribution is 0.0792. The average Bonchev–Trinajstić information content (AvgIpc) is 3.29. The van der Waals surface area contributed by atoms with E-state index in [0.717, 1.165) is 25.0 Å². The number of nitrogens with zero attached hydrogens (tertiary/aromatic N) is 2. The molecule has 3 heterocycles. The highest BCUT2D eigenvalue weighted by atomic mass is 32.1. The molecule has 0 bridgehead atoms. The molecular formula is C18H23N3O2S. The van der Waals surface area contributed by atoms with Gasteiger partial charge in [-0.05, 0) is 48.9 Å². The molecule has 2 aromatic heterocycles. The number of amides is 2. The van der Waals surface area contributed by atoms with Crippen LogP contribution >= 0.6 is 11.3 Å². The second-order valence-corrected chi connectivity index (χ2v) is 7.08. The van der Waals surface area contributed by atoms with E-state index >= 15 is 0 Å². The fourth-order valence-electron chi connectivity index (χ4n) is 2.86. The Morgan fingerprint density at radius 2 is 2.29 bits per heavy atom. The lowest BCUT2D eigenvalue weighted by atomic mass is 10.1. The highest BCUT2D eigenvalue weighted by Crippen LogP contribution is 2.18. The maximum Gasteiger partial charge on any atom is 0.318 e. The highest BCUT2D eigenvalue weighted by molar-refractivity contribution is 7.09. The predicted molar refractivity (Wildman–Crippen MR) is 94.9 cm³/mol. The minimum atomic E-state index is -0.0594. The topological polar surface area (TPSA) is 54.5 Å². The monoisotopic (exact) mass is 345 g/mol. The number of hydrogen-bond donors (Lipinski definition) is 1. The van der Waals surface area contributed by atoms with E-state index in [-0.39, 0.29) is 18.2 Å². The number of rotatable bonds is 6. The second-order valence-electron chi connectivity index (χ2n) is 6.05. The van der Waals surface area contributed by atoms with E-state index in [1.165, 1.54) is 4.88 Å². The number of ether oxygens (including phenoxy) is 1. The molecule has 0 saturated carbocycles. The number of hydrogen-bond acceptors (Lipinski definition) is 4. The van der Waals surface area contributed by atoms with Gasteiger partial charge < -0.3 is 15.0 Å². The summed E-state index contributed by atoms with van der Waals surface area (Å²) < 4.78 is 5.72. The van der Waals surface area contributed by atoms with Gasteiger partial charge in [0.15, 0.2) is 0 Å². The van der Waals surface area contributed by atoms with Crippen LogP contribution in [0.4, 0.5) is 4.79 Å². The standard InChI is InChI=1S/C18H23N3O2S/c1-14(15-6-8-19-9-7-15)20-18(22)21(12-16-4-2-10-23-16)13-17-5-3-11-24-17/h3,5-9,11,14,16H,2,4,10,12-13H2,1H3,(H,20,22)/t14-,16-/m1/s1. The molecule has 0 aromatic carbocycles. The van der Waals surface area contributed by atoms with E-state index in [9.17, 15) is 4.79 Å². The Kier molecular flexibility index (Phi) is 5.82. The maximum absolute atomic E-state index is 12.8. The highest BCUT2D eigenvalue weighted by Gasteiger charge is 2.24. The van der Waals surface area contributed by atoms with Crippen molar-refractivity contribution in [1.29, 1.82) is 0 Å². The Bertz CT molecular complexity index is 627. The number of carbonyl (C=O) groups is 1. The molecule has 1 aliphatic rings. The molecule has 128 valence electrons. The summed E-state index contributed by atoms with van der Waals surface area (Å²) in [5, 5.41) is 5.13. The molecule has 3 rings (SSSR count). The molecule has 2 amide bonds. The zero-order valence-corrected chi connectivity index (χ0v) is 14.7. The number of aromatic nitrogens is 1. The van der Waals surface area contributed by atoms with Crippen LogP contribution in [-0.2, 0) is 11.3 Å². The molecule has 0 radical (unpaired) electrons. The average molecular weight is 345 g/mol. The molecule has 1 N–H and O–H groups in total. The van der Waals surface area contributed by atoms with Crippen LogP contribution in [-0.4, -0.2) is 35.2 Å². The molecule has 0 aliphatic carbocycles. The summed E-state index contributed by atoms with van der Waals surface area (Å²) in [6, 6.07) is 7.82. The van der Waals surface area contributed by atoms with Gasteiger partial charge in [-0.15, -0.1) is 11.3 Å². The van der Waals surface area contributed by atoms with Crippen molar-refractivity contribution in [3.8, 4) is 0 Å². The second kappa shape index (κ2) is 8.26. The minimum Gasteiger partial charge on any atom is -0.376 e. The van der Waals surface area contributed by atoms with Gasteiger partial charge in [-0.25, -0.2) is 4.79 Å². The van der Waals surface area contributed by atoms with E-state index < -0.39 is 0 Å². The van der Waals surface area contributed by atoms with Crippen molar-refractivity contribution in [2.75, 3.05) is 13.2 Å². The van der Waals surface area contributed by atoms with Gasteiger partial charge >= 0.3 is 6.03 Å². The number of nitrogens with one attached hydrogen (secondary N) is 1. The van der Waals surface area contributed by atoms with Crippen molar-refractivity contribution in [2.24, 2.45) is 0 Å². The van der Waals surface area contributed by atoms with Crippen LogP contribution in [0, 0.1) is 0 Å². The lowest BCUT2D eigenvalue weighted by Crippen LogP contribution is -2.44. The van der Waals surface area contributed by atoms with Gasteiger partial charge in [-0.3, -0.25) is 4.98 Å². The third kappa shape index (κ3) is 4.55. The van der Waals surface area contributed by atoms with Gasteiger partial charge in [0.1, 0.15) is 0 Å². The Labute approximate surface area is 146 Å². The predicted octanol–water partition coefficient (Wildman–Crippen LogP) is 3.59. The molecule has 0 spiro atoms. The summed E-state index contributed by atoms with van der Waals surface area (Å²) in [7, 11) is 0. The summed E-state index contributed by atoms with van der Waals surface area (Å²) in [6.07, 6.45) is 5.73. The summed E-state index contributed by atoms with van der Waals surface area (Å²) in [5.41, 5.74) is 1.05. The van der Waals surface area contributed by atoms with Crippen LogP contribution < -0.4 is 5.32 Å². The quantitative estimate of drug-likeness (QED) is 0.870. The SMILES string of the molecule is C[C@@H](NC(=O)N(Cc1cccs1)C[C@H]1CCCO1)c1ccncc1. The van der Waals surface area contributed by atoms with Gasteiger partial charge in [0, 0.05) is 30.4 Å². The van der Waals surface area contributed by atoms with Crippen molar-refractivity contribution in [1.82, 2.24) is 15.2 Å². The Hall–Kier alpha value is -1.92. The molecule has 2 aromatic rings. The van der Waals surface area contributed by atoms with Crippen LogP contribution in [0.2, 0.25) is 0 Å². The van der Waals surface area contributed by atoms with Gasteiger partial charge in [0.2, 0.25) is 0 Å². The van der Waals surface area contributed by atoms with Gasteiger partial charge in [0.25, 0.3) is 0 Å². The van der Waals surface area contributed by atoms with E-state index in [2.05, 4.69) is 16.4 Å². The lowest BCUT2D eigenvalue weighted by Gasteiger charge is -2.27. The minimum absolute atomic E-state index is 0.0526. The van der Waals surface area contributed by atoms with E-state index in [4.69, 9.17) is 4.74 Å². The summed E-state index contributed by atoms with van der Waals surface area (Å²) >= 11 is 1.67. The van der Waals surface area contributed by atoms with Crippen LogP contribution in [0.25, 0.3) is 0 Å². The Morgan fingerprint density at radius 1 is 1.46 bits per heavy atom. The molecule has 1 fully saturated rings. The van der Waals surface area contributed by atoms with Crippen LogP contribution in [0.3, 0.4) is 0 Å².